The number of aryl methyl sites for hydroxylation is 1. The first-order valence-electron chi connectivity index (χ1n) is 7.88. The van der Waals surface area contributed by atoms with Crippen molar-refractivity contribution in [3.8, 4) is 0 Å². The summed E-state index contributed by atoms with van der Waals surface area (Å²) in [6, 6.07) is 7.85. The van der Waals surface area contributed by atoms with Gasteiger partial charge in [0.1, 0.15) is 5.03 Å². The Kier molecular flexibility index (Phi) is 4.93. The molecule has 0 radical (unpaired) electrons. The second-order valence-electron chi connectivity index (χ2n) is 5.69. The van der Waals surface area contributed by atoms with Crippen molar-refractivity contribution in [1.29, 1.82) is 0 Å². The quantitative estimate of drug-likeness (QED) is 0.814. The molecule has 4 nitrogen and oxygen atoms in total. The summed E-state index contributed by atoms with van der Waals surface area (Å²) in [6.07, 6.45) is 4.74. The maximum absolute atomic E-state index is 12.4. The van der Waals surface area contributed by atoms with E-state index < -0.39 is 0 Å². The molecule has 1 amide bonds. The average Bonchev–Trinajstić information content (AvgIpc) is 2.82. The molecule has 0 unspecified atom stereocenters. The Balaban J connectivity index is 1.67. The van der Waals surface area contributed by atoms with Crippen LogP contribution >= 0.6 is 11.8 Å². The number of carbonyl (C=O) groups is 1. The first kappa shape index (κ1) is 15.3. The van der Waals surface area contributed by atoms with Crippen molar-refractivity contribution in [2.45, 2.75) is 37.6 Å². The van der Waals surface area contributed by atoms with Gasteiger partial charge in [-0.2, -0.15) is 0 Å². The molecule has 0 N–H and O–H groups in total. The summed E-state index contributed by atoms with van der Waals surface area (Å²) in [6.45, 7) is 3.77. The molecule has 5 heteroatoms. The molecule has 2 aromatic rings. The number of hydrogen-bond donors (Lipinski definition) is 0. The molecule has 1 fully saturated rings. The van der Waals surface area contributed by atoms with E-state index in [1.54, 1.807) is 0 Å². The molecule has 22 heavy (non-hydrogen) atoms. The van der Waals surface area contributed by atoms with Crippen LogP contribution in [0.4, 0.5) is 0 Å². The van der Waals surface area contributed by atoms with Crippen LogP contribution in [0.25, 0.3) is 11.0 Å². The molecule has 1 aliphatic heterocycles. The van der Waals surface area contributed by atoms with Gasteiger partial charge in [-0.3, -0.25) is 4.79 Å². The minimum absolute atomic E-state index is 0.223. The molecular weight excluding hydrogens is 294 g/mol. The van der Waals surface area contributed by atoms with Gasteiger partial charge in [0, 0.05) is 13.1 Å². The van der Waals surface area contributed by atoms with E-state index in [0.717, 1.165) is 47.7 Å². The molecule has 0 aliphatic carbocycles. The summed E-state index contributed by atoms with van der Waals surface area (Å²) < 4.78 is 0. The number of benzene rings is 1. The minimum atomic E-state index is 0.223. The minimum Gasteiger partial charge on any atom is -0.342 e. The van der Waals surface area contributed by atoms with Crippen LogP contribution in [-0.4, -0.2) is 39.6 Å². The number of nitrogens with zero attached hydrogens (tertiary/aromatic N) is 3. The molecule has 0 bridgehead atoms. The third-order valence-electron chi connectivity index (χ3n) is 3.99. The number of carbonyl (C=O) groups excluding carboxylic acids is 1. The van der Waals surface area contributed by atoms with E-state index in [1.165, 1.54) is 24.6 Å². The van der Waals surface area contributed by atoms with Gasteiger partial charge in [-0.25, -0.2) is 9.97 Å². The number of amides is 1. The maximum Gasteiger partial charge on any atom is 0.232 e. The van der Waals surface area contributed by atoms with Crippen molar-refractivity contribution >= 4 is 28.7 Å². The molecular formula is C17H21N3OS. The summed E-state index contributed by atoms with van der Waals surface area (Å²) in [7, 11) is 0. The lowest BCUT2D eigenvalue weighted by molar-refractivity contribution is -0.128. The number of thioether (sulfide) groups is 1. The SMILES string of the molecule is Cc1nc2ccccc2nc1SCC(=O)N1CCCCCC1. The van der Waals surface area contributed by atoms with Crippen molar-refractivity contribution in [2.24, 2.45) is 0 Å². The topological polar surface area (TPSA) is 46.1 Å². The van der Waals surface area contributed by atoms with Gasteiger partial charge in [-0.15, -0.1) is 0 Å². The lowest BCUT2D eigenvalue weighted by Crippen LogP contribution is -2.33. The first-order chi connectivity index (χ1) is 10.7. The highest BCUT2D eigenvalue weighted by Gasteiger charge is 2.16. The Labute approximate surface area is 135 Å². The van der Waals surface area contributed by atoms with E-state index in [4.69, 9.17) is 0 Å². The second-order valence-corrected chi connectivity index (χ2v) is 6.65. The highest BCUT2D eigenvalue weighted by Crippen LogP contribution is 2.22. The molecule has 0 atom stereocenters. The van der Waals surface area contributed by atoms with Gasteiger partial charge >= 0.3 is 0 Å². The molecule has 3 rings (SSSR count). The van der Waals surface area contributed by atoms with Crippen LogP contribution in [0, 0.1) is 6.92 Å². The van der Waals surface area contributed by atoms with Crippen molar-refractivity contribution < 1.29 is 4.79 Å². The molecule has 0 spiro atoms. The zero-order valence-corrected chi connectivity index (χ0v) is 13.7. The third-order valence-corrected chi connectivity index (χ3v) is 5.04. The third kappa shape index (κ3) is 3.58. The standard InChI is InChI=1S/C17H21N3OS/c1-13-17(19-15-9-5-4-8-14(15)18-13)22-12-16(21)20-10-6-2-3-7-11-20/h4-5,8-9H,2-3,6-7,10-12H2,1H3. The van der Waals surface area contributed by atoms with Crippen molar-refractivity contribution in [3.63, 3.8) is 0 Å². The van der Waals surface area contributed by atoms with Gasteiger partial charge in [-0.05, 0) is 31.9 Å². The Bertz CT molecular complexity index is 666. The van der Waals surface area contributed by atoms with Gasteiger partial charge in [0.25, 0.3) is 0 Å². The second kappa shape index (κ2) is 7.09. The van der Waals surface area contributed by atoms with E-state index in [9.17, 15) is 4.79 Å². The number of fused-ring (bicyclic) bond motifs is 1. The zero-order chi connectivity index (χ0) is 15.4. The van der Waals surface area contributed by atoms with Gasteiger partial charge in [-0.1, -0.05) is 36.7 Å². The van der Waals surface area contributed by atoms with Crippen LogP contribution in [0.1, 0.15) is 31.4 Å². The lowest BCUT2D eigenvalue weighted by atomic mass is 10.2. The van der Waals surface area contributed by atoms with Crippen molar-refractivity contribution in [2.75, 3.05) is 18.8 Å². The number of rotatable bonds is 3. The number of aromatic nitrogens is 2. The molecule has 1 aliphatic rings. The zero-order valence-electron chi connectivity index (χ0n) is 12.9. The number of para-hydroxylation sites is 2. The summed E-state index contributed by atoms with van der Waals surface area (Å²) in [5.41, 5.74) is 2.69. The molecule has 0 saturated carbocycles. The van der Waals surface area contributed by atoms with Gasteiger partial charge in [0.05, 0.1) is 22.5 Å². The number of hydrogen-bond acceptors (Lipinski definition) is 4. The highest BCUT2D eigenvalue weighted by atomic mass is 32.2. The first-order valence-corrected chi connectivity index (χ1v) is 8.86. The Morgan fingerprint density at radius 2 is 1.73 bits per heavy atom. The van der Waals surface area contributed by atoms with Gasteiger partial charge < -0.3 is 4.90 Å². The van der Waals surface area contributed by atoms with E-state index >= 15 is 0 Å². The molecule has 116 valence electrons. The average molecular weight is 315 g/mol. The monoisotopic (exact) mass is 315 g/mol. The Hall–Kier alpha value is -1.62. The smallest absolute Gasteiger partial charge is 0.232 e. The van der Waals surface area contributed by atoms with Gasteiger partial charge in [0.15, 0.2) is 0 Å². The van der Waals surface area contributed by atoms with Crippen molar-refractivity contribution in [3.05, 3.63) is 30.0 Å². The van der Waals surface area contributed by atoms with Crippen molar-refractivity contribution in [1.82, 2.24) is 14.9 Å². The normalized spacial score (nSPS) is 15.8. The molecule has 1 aromatic carbocycles. The number of likely N-dealkylation sites (tertiary alicyclic amines) is 1. The van der Waals surface area contributed by atoms with E-state index in [0.29, 0.717) is 5.75 Å². The lowest BCUT2D eigenvalue weighted by Gasteiger charge is -2.20. The Morgan fingerprint density at radius 1 is 1.09 bits per heavy atom. The summed E-state index contributed by atoms with van der Waals surface area (Å²) in [5, 5.41) is 0.863. The predicted molar refractivity (Wildman–Crippen MR) is 90.0 cm³/mol. The van der Waals surface area contributed by atoms with Crippen LogP contribution in [0.2, 0.25) is 0 Å². The summed E-state index contributed by atoms with van der Waals surface area (Å²) in [5.74, 6) is 0.676. The summed E-state index contributed by atoms with van der Waals surface area (Å²) in [4.78, 5) is 23.6. The fourth-order valence-electron chi connectivity index (χ4n) is 2.75. The van der Waals surface area contributed by atoms with E-state index in [-0.39, 0.29) is 5.91 Å². The fourth-order valence-corrected chi connectivity index (χ4v) is 3.61. The molecule has 1 aromatic heterocycles. The van der Waals surface area contributed by atoms with Crippen LogP contribution in [0.15, 0.2) is 29.3 Å². The molecule has 1 saturated heterocycles. The van der Waals surface area contributed by atoms with Crippen LogP contribution in [0.3, 0.4) is 0 Å². The fraction of sp³-hybridized carbons (Fsp3) is 0.471. The van der Waals surface area contributed by atoms with Crippen LogP contribution in [-0.2, 0) is 4.79 Å². The van der Waals surface area contributed by atoms with E-state index in [2.05, 4.69) is 9.97 Å². The maximum atomic E-state index is 12.4. The summed E-state index contributed by atoms with van der Waals surface area (Å²) >= 11 is 1.51. The van der Waals surface area contributed by atoms with E-state index in [1.807, 2.05) is 36.1 Å². The van der Waals surface area contributed by atoms with Gasteiger partial charge in [0.2, 0.25) is 5.91 Å². The highest BCUT2D eigenvalue weighted by molar-refractivity contribution is 7.99. The largest absolute Gasteiger partial charge is 0.342 e. The predicted octanol–water partition coefficient (Wildman–Crippen LogP) is 3.43. The van der Waals surface area contributed by atoms with Crippen LogP contribution < -0.4 is 0 Å². The molecule has 2 heterocycles. The van der Waals surface area contributed by atoms with Crippen LogP contribution in [0.5, 0.6) is 0 Å². The Morgan fingerprint density at radius 3 is 2.41 bits per heavy atom.